The van der Waals surface area contributed by atoms with Gasteiger partial charge in [-0.2, -0.15) is 0 Å². The lowest BCUT2D eigenvalue weighted by atomic mass is 10.0. The molecule has 0 aliphatic carbocycles. The molecule has 1 N–H and O–H groups in total. The zero-order valence-corrected chi connectivity index (χ0v) is 22.7. The molecule has 1 rings (SSSR count). The van der Waals surface area contributed by atoms with Crippen molar-refractivity contribution < 1.29 is 23.2 Å². The molecule has 0 amide bonds. The summed E-state index contributed by atoms with van der Waals surface area (Å²) in [7, 11) is -3.99. The zero-order valence-electron chi connectivity index (χ0n) is 21.8. The predicted molar refractivity (Wildman–Crippen MR) is 142 cm³/mol. The van der Waals surface area contributed by atoms with Gasteiger partial charge in [0, 0.05) is 0 Å². The Balaban J connectivity index is 1.78. The van der Waals surface area contributed by atoms with Gasteiger partial charge in [-0.3, -0.25) is 9.05 Å². The third-order valence-electron chi connectivity index (χ3n) is 6.10. The third-order valence-corrected chi connectivity index (χ3v) is 7.12. The summed E-state index contributed by atoms with van der Waals surface area (Å²) in [6, 6.07) is 9.30. The van der Waals surface area contributed by atoms with Crippen molar-refractivity contribution in [3.05, 3.63) is 30.3 Å². The molecule has 6 heteroatoms. The van der Waals surface area contributed by atoms with Gasteiger partial charge >= 0.3 is 7.82 Å². The van der Waals surface area contributed by atoms with E-state index in [0.29, 0.717) is 5.75 Å². The van der Waals surface area contributed by atoms with Crippen LogP contribution in [0, 0.1) is 0 Å². The van der Waals surface area contributed by atoms with Crippen molar-refractivity contribution in [3.63, 3.8) is 0 Å². The summed E-state index contributed by atoms with van der Waals surface area (Å²) in [5, 5.41) is 0. The van der Waals surface area contributed by atoms with E-state index >= 15 is 0 Å². The van der Waals surface area contributed by atoms with E-state index in [-0.39, 0.29) is 19.8 Å². The Bertz CT molecular complexity index is 596. The standard InChI is InChI=1S/C28H51O5P/c1-2-3-4-5-6-7-8-9-10-11-12-13-14-15-16-17-18-22-25-32-34(29,30)33-27-26-31-28-23-20-19-21-24-28/h19-21,23-24H,2-18,22,25-27H2,1H3,(H,29,30). The highest BCUT2D eigenvalue weighted by Crippen LogP contribution is 2.43. The molecule has 198 valence electrons. The van der Waals surface area contributed by atoms with Crippen LogP contribution < -0.4 is 4.74 Å². The highest BCUT2D eigenvalue weighted by atomic mass is 31.2. The van der Waals surface area contributed by atoms with Gasteiger partial charge < -0.3 is 9.63 Å². The van der Waals surface area contributed by atoms with Crippen LogP contribution >= 0.6 is 7.82 Å². The highest BCUT2D eigenvalue weighted by Gasteiger charge is 2.20. The fraction of sp³-hybridized carbons (Fsp3) is 0.786. The molecule has 34 heavy (non-hydrogen) atoms. The first-order valence-corrected chi connectivity index (χ1v) is 15.4. The van der Waals surface area contributed by atoms with E-state index in [0.717, 1.165) is 19.3 Å². The Morgan fingerprint density at radius 1 is 0.588 bits per heavy atom. The lowest BCUT2D eigenvalue weighted by Crippen LogP contribution is -2.07. The second-order valence-electron chi connectivity index (χ2n) is 9.31. The van der Waals surface area contributed by atoms with Crippen LogP contribution in [0.5, 0.6) is 5.75 Å². The van der Waals surface area contributed by atoms with Crippen LogP contribution in [0.1, 0.15) is 122 Å². The second kappa shape index (κ2) is 22.6. The van der Waals surface area contributed by atoms with Gasteiger partial charge in [-0.25, -0.2) is 4.57 Å². The van der Waals surface area contributed by atoms with Crippen LogP contribution in [-0.2, 0) is 13.6 Å². The fourth-order valence-corrected chi connectivity index (χ4v) is 4.79. The Hall–Kier alpha value is -0.870. The van der Waals surface area contributed by atoms with Gasteiger partial charge in [0.25, 0.3) is 0 Å². The molecular weight excluding hydrogens is 447 g/mol. The quantitative estimate of drug-likeness (QED) is 0.107. The number of phosphoric acid groups is 1. The number of phosphoric ester groups is 1. The summed E-state index contributed by atoms with van der Waals surface area (Å²) in [5.41, 5.74) is 0. The molecule has 0 aromatic heterocycles. The number of hydrogen-bond acceptors (Lipinski definition) is 4. The molecule has 1 unspecified atom stereocenters. The molecule has 0 saturated heterocycles. The van der Waals surface area contributed by atoms with Crippen molar-refractivity contribution >= 4 is 7.82 Å². The molecular formula is C28H51O5P. The van der Waals surface area contributed by atoms with Crippen LogP contribution in [0.25, 0.3) is 0 Å². The summed E-state index contributed by atoms with van der Waals surface area (Å²) < 4.78 is 27.3. The lowest BCUT2D eigenvalue weighted by molar-refractivity contribution is 0.127. The first-order valence-electron chi connectivity index (χ1n) is 13.9. The van der Waals surface area contributed by atoms with E-state index in [4.69, 9.17) is 13.8 Å². The zero-order chi connectivity index (χ0) is 24.6. The molecule has 0 fully saturated rings. The Labute approximate surface area is 209 Å². The van der Waals surface area contributed by atoms with Crippen LogP contribution in [0.15, 0.2) is 30.3 Å². The number of hydrogen-bond donors (Lipinski definition) is 1. The smallest absolute Gasteiger partial charge is 0.472 e. The first kappa shape index (κ1) is 31.2. The maximum absolute atomic E-state index is 11.9. The molecule has 1 aromatic carbocycles. The van der Waals surface area contributed by atoms with Crippen LogP contribution in [0.4, 0.5) is 0 Å². The minimum Gasteiger partial charge on any atom is -0.491 e. The minimum atomic E-state index is -3.99. The summed E-state index contributed by atoms with van der Waals surface area (Å²) in [6.45, 7) is 2.75. The summed E-state index contributed by atoms with van der Waals surface area (Å²) >= 11 is 0. The topological polar surface area (TPSA) is 65.0 Å². The van der Waals surface area contributed by atoms with Gasteiger partial charge in [-0.1, -0.05) is 134 Å². The molecule has 5 nitrogen and oxygen atoms in total. The van der Waals surface area contributed by atoms with E-state index < -0.39 is 7.82 Å². The molecule has 0 heterocycles. The van der Waals surface area contributed by atoms with Crippen molar-refractivity contribution in [2.75, 3.05) is 19.8 Å². The Morgan fingerprint density at radius 2 is 1.00 bits per heavy atom. The van der Waals surface area contributed by atoms with E-state index in [2.05, 4.69) is 6.92 Å². The largest absolute Gasteiger partial charge is 0.491 e. The highest BCUT2D eigenvalue weighted by molar-refractivity contribution is 7.47. The summed E-state index contributed by atoms with van der Waals surface area (Å²) in [5.74, 6) is 0.707. The predicted octanol–water partition coefficient (Wildman–Crippen LogP) is 9.24. The molecule has 1 aromatic rings. The number of unbranched alkanes of at least 4 members (excludes halogenated alkanes) is 17. The van der Waals surface area contributed by atoms with Crippen LogP contribution in [0.3, 0.4) is 0 Å². The van der Waals surface area contributed by atoms with E-state index in [1.165, 1.54) is 96.3 Å². The van der Waals surface area contributed by atoms with Crippen LogP contribution in [-0.4, -0.2) is 24.7 Å². The molecule has 0 saturated carbocycles. The van der Waals surface area contributed by atoms with Crippen molar-refractivity contribution in [1.29, 1.82) is 0 Å². The van der Waals surface area contributed by atoms with Crippen molar-refractivity contribution in [3.8, 4) is 5.75 Å². The van der Waals surface area contributed by atoms with Crippen molar-refractivity contribution in [2.45, 2.75) is 122 Å². The molecule has 0 aliphatic heterocycles. The summed E-state index contributed by atoms with van der Waals surface area (Å²) in [6.07, 6.45) is 23.7. The number of ether oxygens (including phenoxy) is 1. The van der Waals surface area contributed by atoms with E-state index in [1.807, 2.05) is 30.3 Å². The molecule has 1 atom stereocenters. The SMILES string of the molecule is CCCCCCCCCCCCCCCCCCCCOP(=O)(O)OCCOc1ccccc1. The minimum absolute atomic E-state index is 0.0157. The maximum Gasteiger partial charge on any atom is 0.472 e. The number of benzene rings is 1. The van der Waals surface area contributed by atoms with Gasteiger partial charge in [-0.15, -0.1) is 0 Å². The third kappa shape index (κ3) is 20.5. The van der Waals surface area contributed by atoms with Gasteiger partial charge in [-0.05, 0) is 18.6 Å². The first-order chi connectivity index (χ1) is 16.6. The van der Waals surface area contributed by atoms with Gasteiger partial charge in [0.05, 0.1) is 13.2 Å². The van der Waals surface area contributed by atoms with E-state index in [1.54, 1.807) is 0 Å². The average Bonchev–Trinajstić information content (AvgIpc) is 2.84. The molecule has 0 aliphatic rings. The van der Waals surface area contributed by atoms with Crippen molar-refractivity contribution in [1.82, 2.24) is 0 Å². The Morgan fingerprint density at radius 3 is 1.47 bits per heavy atom. The normalized spacial score (nSPS) is 13.1. The maximum atomic E-state index is 11.9. The van der Waals surface area contributed by atoms with Crippen LogP contribution in [0.2, 0.25) is 0 Å². The Kier molecular flexibility index (Phi) is 20.7. The van der Waals surface area contributed by atoms with Gasteiger partial charge in [0.1, 0.15) is 12.4 Å². The monoisotopic (exact) mass is 498 g/mol. The molecule has 0 bridgehead atoms. The summed E-state index contributed by atoms with van der Waals surface area (Å²) in [4.78, 5) is 9.71. The molecule has 0 spiro atoms. The van der Waals surface area contributed by atoms with E-state index in [9.17, 15) is 9.46 Å². The molecule has 0 radical (unpaired) electrons. The number of rotatable bonds is 25. The van der Waals surface area contributed by atoms with Crippen molar-refractivity contribution in [2.24, 2.45) is 0 Å². The number of para-hydroxylation sites is 1. The lowest BCUT2D eigenvalue weighted by Gasteiger charge is -2.12. The fourth-order valence-electron chi connectivity index (χ4n) is 4.05. The van der Waals surface area contributed by atoms with Gasteiger partial charge in [0.15, 0.2) is 0 Å². The second-order valence-corrected chi connectivity index (χ2v) is 10.8. The van der Waals surface area contributed by atoms with Gasteiger partial charge in [0.2, 0.25) is 0 Å². The average molecular weight is 499 g/mol.